The molecule has 0 amide bonds. The lowest BCUT2D eigenvalue weighted by Crippen LogP contribution is -2.07. The smallest absolute Gasteiger partial charge is 0.0868 e. The second-order valence-corrected chi connectivity index (χ2v) is 6.61. The first-order valence-corrected chi connectivity index (χ1v) is 8.99. The van der Waals surface area contributed by atoms with Crippen molar-refractivity contribution in [3.63, 3.8) is 0 Å². The zero-order valence-electron chi connectivity index (χ0n) is 13.7. The summed E-state index contributed by atoms with van der Waals surface area (Å²) in [7, 11) is 0. The molecular formula is C20H20BrN3. The maximum atomic E-state index is 4.63. The van der Waals surface area contributed by atoms with E-state index in [1.165, 1.54) is 5.39 Å². The van der Waals surface area contributed by atoms with Crippen molar-refractivity contribution in [1.29, 1.82) is 0 Å². The van der Waals surface area contributed by atoms with Gasteiger partial charge in [-0.1, -0.05) is 53.5 Å². The van der Waals surface area contributed by atoms with E-state index in [0.717, 1.165) is 46.2 Å². The maximum Gasteiger partial charge on any atom is 0.0868 e. The van der Waals surface area contributed by atoms with Crippen molar-refractivity contribution in [2.45, 2.75) is 26.2 Å². The van der Waals surface area contributed by atoms with Crippen molar-refractivity contribution in [3.8, 4) is 0 Å². The predicted octanol–water partition coefficient (Wildman–Crippen LogP) is 6.00. The highest BCUT2D eigenvalue weighted by Crippen LogP contribution is 2.17. The Labute approximate surface area is 150 Å². The number of nitrogens with one attached hydrogen (secondary N) is 1. The zero-order valence-corrected chi connectivity index (χ0v) is 15.3. The largest absolute Gasteiger partial charge is 0.278 e. The van der Waals surface area contributed by atoms with Crippen LogP contribution >= 0.6 is 15.9 Å². The standard InChI is InChI=1S/C20H20BrN3/c1-2-3-8-19(24-23-18-11-9-17(21)10-12-18)20-13-15-6-4-5-7-16(15)14-22-20/h4-7,9-14,23H,2-3,8H2,1H3/b24-19+. The molecule has 1 aromatic heterocycles. The number of fused-ring (bicyclic) bond motifs is 1. The molecule has 3 nitrogen and oxygen atoms in total. The lowest BCUT2D eigenvalue weighted by Gasteiger charge is -2.08. The molecule has 0 spiro atoms. The van der Waals surface area contributed by atoms with Gasteiger partial charge in [0.15, 0.2) is 0 Å². The summed E-state index contributed by atoms with van der Waals surface area (Å²) >= 11 is 3.45. The number of aromatic nitrogens is 1. The van der Waals surface area contributed by atoms with Crippen LogP contribution in [0, 0.1) is 0 Å². The summed E-state index contributed by atoms with van der Waals surface area (Å²) in [6.07, 6.45) is 5.05. The molecule has 1 N–H and O–H groups in total. The second kappa shape index (κ2) is 8.06. The molecule has 0 aliphatic rings. The number of unbranched alkanes of at least 4 members (excludes halogenated alkanes) is 1. The molecule has 122 valence electrons. The van der Waals surface area contributed by atoms with Crippen LogP contribution in [0.4, 0.5) is 5.69 Å². The summed E-state index contributed by atoms with van der Waals surface area (Å²) in [5.74, 6) is 0. The molecular weight excluding hydrogens is 362 g/mol. The van der Waals surface area contributed by atoms with Gasteiger partial charge >= 0.3 is 0 Å². The molecule has 0 saturated heterocycles. The van der Waals surface area contributed by atoms with E-state index in [1.54, 1.807) is 0 Å². The Balaban J connectivity index is 1.88. The van der Waals surface area contributed by atoms with Gasteiger partial charge in [0, 0.05) is 16.1 Å². The number of hydrogen-bond acceptors (Lipinski definition) is 3. The van der Waals surface area contributed by atoms with E-state index in [-0.39, 0.29) is 0 Å². The van der Waals surface area contributed by atoms with E-state index in [4.69, 9.17) is 0 Å². The molecule has 0 radical (unpaired) electrons. The van der Waals surface area contributed by atoms with E-state index in [9.17, 15) is 0 Å². The van der Waals surface area contributed by atoms with E-state index < -0.39 is 0 Å². The number of hydrogen-bond donors (Lipinski definition) is 1. The number of pyridine rings is 1. The molecule has 2 aromatic carbocycles. The third-order valence-electron chi connectivity index (χ3n) is 3.86. The third-order valence-corrected chi connectivity index (χ3v) is 4.39. The Morgan fingerprint density at radius 3 is 2.58 bits per heavy atom. The summed E-state index contributed by atoms with van der Waals surface area (Å²) in [6, 6.07) is 18.4. The van der Waals surface area contributed by atoms with Crippen LogP contribution in [0.5, 0.6) is 0 Å². The molecule has 0 saturated carbocycles. The monoisotopic (exact) mass is 381 g/mol. The molecule has 0 bridgehead atoms. The maximum absolute atomic E-state index is 4.63. The first kappa shape index (κ1) is 16.7. The van der Waals surface area contributed by atoms with Gasteiger partial charge in [-0.05, 0) is 48.6 Å². The number of hydrazone groups is 1. The minimum Gasteiger partial charge on any atom is -0.278 e. The number of rotatable bonds is 6. The van der Waals surface area contributed by atoms with Gasteiger partial charge in [-0.25, -0.2) is 0 Å². The summed E-state index contributed by atoms with van der Waals surface area (Å²) < 4.78 is 1.06. The second-order valence-electron chi connectivity index (χ2n) is 5.70. The third kappa shape index (κ3) is 4.20. The van der Waals surface area contributed by atoms with Crippen LogP contribution < -0.4 is 5.43 Å². The first-order valence-electron chi connectivity index (χ1n) is 8.19. The Hall–Kier alpha value is -2.20. The zero-order chi connectivity index (χ0) is 16.8. The lowest BCUT2D eigenvalue weighted by atomic mass is 10.1. The highest BCUT2D eigenvalue weighted by Gasteiger charge is 2.07. The molecule has 1 heterocycles. The van der Waals surface area contributed by atoms with Gasteiger partial charge in [0.05, 0.1) is 17.1 Å². The molecule has 0 unspecified atom stereocenters. The number of nitrogens with zero attached hydrogens (tertiary/aromatic N) is 2. The van der Waals surface area contributed by atoms with E-state index in [0.29, 0.717) is 0 Å². The molecule has 0 aliphatic carbocycles. The quantitative estimate of drug-likeness (QED) is 0.419. The van der Waals surface area contributed by atoms with Crippen LogP contribution in [0.25, 0.3) is 10.8 Å². The van der Waals surface area contributed by atoms with Gasteiger partial charge in [0.1, 0.15) is 0 Å². The number of benzene rings is 2. The van der Waals surface area contributed by atoms with Crippen LogP contribution in [-0.4, -0.2) is 10.7 Å². The first-order chi connectivity index (χ1) is 11.8. The average molecular weight is 382 g/mol. The Morgan fingerprint density at radius 2 is 1.83 bits per heavy atom. The summed E-state index contributed by atoms with van der Waals surface area (Å²) in [5.41, 5.74) is 6.05. The van der Waals surface area contributed by atoms with Crippen molar-refractivity contribution in [2.75, 3.05) is 5.43 Å². The van der Waals surface area contributed by atoms with E-state index in [1.807, 2.05) is 36.5 Å². The van der Waals surface area contributed by atoms with Crippen molar-refractivity contribution < 1.29 is 0 Å². The molecule has 3 aromatic rings. The number of halogens is 1. The fraction of sp³-hybridized carbons (Fsp3) is 0.200. The molecule has 24 heavy (non-hydrogen) atoms. The highest BCUT2D eigenvalue weighted by atomic mass is 79.9. The molecule has 4 heteroatoms. The van der Waals surface area contributed by atoms with Gasteiger partial charge in [-0.15, -0.1) is 0 Å². The van der Waals surface area contributed by atoms with Gasteiger partial charge in [0.2, 0.25) is 0 Å². The molecule has 0 fully saturated rings. The van der Waals surface area contributed by atoms with Crippen LogP contribution in [-0.2, 0) is 0 Å². The van der Waals surface area contributed by atoms with Crippen LogP contribution in [0.2, 0.25) is 0 Å². The minimum absolute atomic E-state index is 0.908. The lowest BCUT2D eigenvalue weighted by molar-refractivity contribution is 0.832. The van der Waals surface area contributed by atoms with Crippen molar-refractivity contribution >= 4 is 38.1 Å². The fourth-order valence-corrected chi connectivity index (χ4v) is 2.75. The average Bonchev–Trinajstić information content (AvgIpc) is 2.63. The van der Waals surface area contributed by atoms with Crippen molar-refractivity contribution in [1.82, 2.24) is 4.98 Å². The van der Waals surface area contributed by atoms with Crippen molar-refractivity contribution in [2.24, 2.45) is 5.10 Å². The van der Waals surface area contributed by atoms with Gasteiger partial charge < -0.3 is 0 Å². The summed E-state index contributed by atoms with van der Waals surface area (Å²) in [4.78, 5) is 4.61. The number of anilines is 1. The fourth-order valence-electron chi connectivity index (χ4n) is 2.48. The van der Waals surface area contributed by atoms with Gasteiger partial charge in [0.25, 0.3) is 0 Å². The van der Waals surface area contributed by atoms with Crippen LogP contribution in [0.3, 0.4) is 0 Å². The summed E-state index contributed by atoms with van der Waals surface area (Å²) in [6.45, 7) is 2.19. The Kier molecular flexibility index (Phi) is 5.59. The topological polar surface area (TPSA) is 37.3 Å². The van der Waals surface area contributed by atoms with Crippen LogP contribution in [0.1, 0.15) is 31.9 Å². The van der Waals surface area contributed by atoms with Crippen LogP contribution in [0.15, 0.2) is 70.4 Å². The molecule has 0 atom stereocenters. The van der Waals surface area contributed by atoms with Gasteiger partial charge in [-0.3, -0.25) is 10.4 Å². The summed E-state index contributed by atoms with van der Waals surface area (Å²) in [5, 5.41) is 6.97. The normalized spacial score (nSPS) is 11.7. The SMILES string of the molecule is CCCC/C(=N\Nc1ccc(Br)cc1)c1cc2ccccc2cn1. The predicted molar refractivity (Wildman–Crippen MR) is 106 cm³/mol. The molecule has 3 rings (SSSR count). The Morgan fingerprint density at radius 1 is 1.08 bits per heavy atom. The van der Waals surface area contributed by atoms with Crippen molar-refractivity contribution in [3.05, 3.63) is 71.0 Å². The minimum atomic E-state index is 0.908. The highest BCUT2D eigenvalue weighted by molar-refractivity contribution is 9.10. The van der Waals surface area contributed by atoms with Gasteiger partial charge in [-0.2, -0.15) is 5.10 Å². The molecule has 0 aliphatic heterocycles. The van der Waals surface area contributed by atoms with E-state index >= 15 is 0 Å². The Bertz CT molecular complexity index is 841. The van der Waals surface area contributed by atoms with E-state index in [2.05, 4.69) is 62.6 Å².